The van der Waals surface area contributed by atoms with E-state index in [4.69, 9.17) is 5.73 Å². The molecule has 1 aliphatic rings. The van der Waals surface area contributed by atoms with Gasteiger partial charge in [0.1, 0.15) is 5.82 Å². The Morgan fingerprint density at radius 2 is 2.18 bits per heavy atom. The van der Waals surface area contributed by atoms with Gasteiger partial charge in [0.15, 0.2) is 5.96 Å². The lowest BCUT2D eigenvalue weighted by atomic mass is 9.98. The molecule has 1 atom stereocenters. The van der Waals surface area contributed by atoms with Gasteiger partial charge < -0.3 is 20.3 Å². The fraction of sp³-hybridized carbons (Fsp3) is 0.692. The van der Waals surface area contributed by atoms with Crippen LogP contribution in [-0.4, -0.2) is 51.3 Å². The summed E-state index contributed by atoms with van der Waals surface area (Å²) in [7, 11) is 3.16. The first kappa shape index (κ1) is 16.6. The van der Waals surface area contributed by atoms with Crippen LogP contribution in [0.4, 0.5) is 13.2 Å². The second-order valence-corrected chi connectivity index (χ2v) is 5.55. The highest BCUT2D eigenvalue weighted by molar-refractivity contribution is 5.78. The van der Waals surface area contributed by atoms with E-state index >= 15 is 0 Å². The number of hydrogen-bond acceptors (Lipinski definition) is 3. The van der Waals surface area contributed by atoms with Crippen molar-refractivity contribution in [2.45, 2.75) is 37.1 Å². The molecule has 1 fully saturated rings. The van der Waals surface area contributed by atoms with Gasteiger partial charge in [0.2, 0.25) is 5.60 Å². The molecule has 1 unspecified atom stereocenters. The molecule has 6 nitrogen and oxygen atoms in total. The van der Waals surface area contributed by atoms with E-state index in [2.05, 4.69) is 9.98 Å². The largest absolute Gasteiger partial charge is 0.424 e. The molecule has 1 heterocycles. The molecule has 3 N–H and O–H groups in total. The molecule has 1 saturated carbocycles. The number of hydrogen-bond donors (Lipinski definition) is 2. The van der Waals surface area contributed by atoms with E-state index < -0.39 is 24.0 Å². The average molecular weight is 319 g/mol. The Morgan fingerprint density at radius 1 is 1.55 bits per heavy atom. The molecule has 9 heteroatoms. The maximum absolute atomic E-state index is 13.3. The Morgan fingerprint density at radius 3 is 2.64 bits per heavy atom. The first-order valence-corrected chi connectivity index (χ1v) is 6.96. The normalized spacial score (nSPS) is 19.1. The summed E-state index contributed by atoms with van der Waals surface area (Å²) in [4.78, 5) is 9.32. The Bertz CT molecular complexity index is 552. The van der Waals surface area contributed by atoms with Crippen LogP contribution < -0.4 is 5.73 Å². The Balaban J connectivity index is 2.11. The van der Waals surface area contributed by atoms with E-state index in [1.807, 2.05) is 0 Å². The average Bonchev–Trinajstić information content (AvgIpc) is 3.18. The molecule has 0 aromatic carbocycles. The zero-order valence-electron chi connectivity index (χ0n) is 12.5. The van der Waals surface area contributed by atoms with Gasteiger partial charge in [-0.15, -0.1) is 0 Å². The molecule has 0 radical (unpaired) electrons. The minimum absolute atomic E-state index is 0.187. The third-order valence-corrected chi connectivity index (χ3v) is 3.86. The topological polar surface area (TPSA) is 79.7 Å². The molecule has 1 aliphatic carbocycles. The number of imidazole rings is 1. The molecule has 0 aliphatic heterocycles. The molecule has 0 amide bonds. The molecule has 124 valence electrons. The van der Waals surface area contributed by atoms with Gasteiger partial charge in [0.05, 0.1) is 0 Å². The summed E-state index contributed by atoms with van der Waals surface area (Å²) >= 11 is 0. The number of aliphatic imine (C=N–C) groups is 1. The van der Waals surface area contributed by atoms with E-state index in [0.29, 0.717) is 6.04 Å². The van der Waals surface area contributed by atoms with Crippen LogP contribution in [0.5, 0.6) is 0 Å². The molecule has 1 aromatic rings. The number of aromatic nitrogens is 2. The summed E-state index contributed by atoms with van der Waals surface area (Å²) in [5, 5.41) is 10.1. The number of rotatable bonds is 5. The van der Waals surface area contributed by atoms with Crippen LogP contribution in [0.2, 0.25) is 0 Å². The number of nitrogens with two attached hydrogens (primary N) is 1. The molecular formula is C13H20F3N5O. The maximum Gasteiger partial charge on any atom is 0.424 e. The number of halogens is 3. The van der Waals surface area contributed by atoms with Crippen LogP contribution in [-0.2, 0) is 12.6 Å². The molecule has 0 saturated heterocycles. The van der Waals surface area contributed by atoms with Gasteiger partial charge in [-0.05, 0) is 12.8 Å². The lowest BCUT2D eigenvalue weighted by Gasteiger charge is -2.29. The summed E-state index contributed by atoms with van der Waals surface area (Å²) in [6, 6.07) is 0.319. The third kappa shape index (κ3) is 3.18. The van der Waals surface area contributed by atoms with Crippen LogP contribution in [0.25, 0.3) is 0 Å². The second kappa shape index (κ2) is 5.79. The predicted octanol–water partition coefficient (Wildman–Crippen LogP) is 0.969. The summed E-state index contributed by atoms with van der Waals surface area (Å²) in [6.07, 6.45) is -0.909. The standard InChI is InChI=1S/C13H20F3N5O/c1-20-8-7-18-10(20)12(22,13(14,15)16)5-6-19-11(17)21(2)9-3-4-9/h7-9,22H,3-6H2,1-2H3,(H2,17,19). The predicted molar refractivity (Wildman–Crippen MR) is 75.1 cm³/mol. The van der Waals surface area contributed by atoms with Crippen molar-refractivity contribution in [3.8, 4) is 0 Å². The maximum atomic E-state index is 13.3. The van der Waals surface area contributed by atoms with Gasteiger partial charge in [-0.25, -0.2) is 4.98 Å². The lowest BCUT2D eigenvalue weighted by Crippen LogP contribution is -2.45. The molecule has 0 bridgehead atoms. The number of alkyl halides is 3. The van der Waals surface area contributed by atoms with Crippen molar-refractivity contribution in [2.75, 3.05) is 13.6 Å². The summed E-state index contributed by atoms with van der Waals surface area (Å²) in [6.45, 7) is -0.244. The molecule has 1 aromatic heterocycles. The lowest BCUT2D eigenvalue weighted by molar-refractivity contribution is -0.272. The first-order chi connectivity index (χ1) is 10.2. The Kier molecular flexibility index (Phi) is 4.37. The number of guanidine groups is 1. The fourth-order valence-electron chi connectivity index (χ4n) is 2.24. The minimum atomic E-state index is -4.85. The monoisotopic (exact) mass is 319 g/mol. The number of nitrogens with zero attached hydrogens (tertiary/aromatic N) is 4. The van der Waals surface area contributed by atoms with E-state index in [1.165, 1.54) is 19.4 Å². The van der Waals surface area contributed by atoms with E-state index in [9.17, 15) is 18.3 Å². The van der Waals surface area contributed by atoms with E-state index in [-0.39, 0.29) is 12.5 Å². The SMILES string of the molecule is CN(C(N)=NCCC(O)(c1nccn1C)C(F)(F)F)C1CC1. The number of aryl methyl sites for hydroxylation is 1. The highest BCUT2D eigenvalue weighted by atomic mass is 19.4. The van der Waals surface area contributed by atoms with Crippen LogP contribution in [0, 0.1) is 0 Å². The zero-order chi connectivity index (χ0) is 16.5. The van der Waals surface area contributed by atoms with E-state index in [1.54, 1.807) is 11.9 Å². The summed E-state index contributed by atoms with van der Waals surface area (Å²) in [5.74, 6) is -0.267. The summed E-state index contributed by atoms with van der Waals surface area (Å²) < 4.78 is 41.0. The Hall–Kier alpha value is -1.77. The highest BCUT2D eigenvalue weighted by Gasteiger charge is 2.57. The van der Waals surface area contributed by atoms with Gasteiger partial charge in [0.25, 0.3) is 0 Å². The second-order valence-electron chi connectivity index (χ2n) is 5.55. The molecular weight excluding hydrogens is 299 g/mol. The van der Waals surface area contributed by atoms with E-state index in [0.717, 1.165) is 17.4 Å². The van der Waals surface area contributed by atoms with Crippen molar-refractivity contribution in [1.82, 2.24) is 14.5 Å². The first-order valence-electron chi connectivity index (χ1n) is 6.96. The highest BCUT2D eigenvalue weighted by Crippen LogP contribution is 2.40. The van der Waals surface area contributed by atoms with Crippen LogP contribution in [0.1, 0.15) is 25.1 Å². The summed E-state index contributed by atoms with van der Waals surface area (Å²) in [5.41, 5.74) is 2.69. The molecule has 2 rings (SSSR count). The van der Waals surface area contributed by atoms with Gasteiger partial charge >= 0.3 is 6.18 Å². The van der Waals surface area contributed by atoms with Crippen molar-refractivity contribution < 1.29 is 18.3 Å². The van der Waals surface area contributed by atoms with Crippen LogP contribution in [0.3, 0.4) is 0 Å². The van der Waals surface area contributed by atoms with Crippen molar-refractivity contribution >= 4 is 5.96 Å². The van der Waals surface area contributed by atoms with Gasteiger partial charge in [-0.3, -0.25) is 4.99 Å². The van der Waals surface area contributed by atoms with Crippen molar-refractivity contribution in [2.24, 2.45) is 17.8 Å². The van der Waals surface area contributed by atoms with Crippen molar-refractivity contribution in [3.63, 3.8) is 0 Å². The molecule has 22 heavy (non-hydrogen) atoms. The fourth-order valence-corrected chi connectivity index (χ4v) is 2.24. The van der Waals surface area contributed by atoms with Crippen molar-refractivity contribution in [1.29, 1.82) is 0 Å². The van der Waals surface area contributed by atoms with Gasteiger partial charge in [0, 0.05) is 45.5 Å². The van der Waals surface area contributed by atoms with Crippen LogP contribution >= 0.6 is 0 Å². The quantitative estimate of drug-likeness (QED) is 0.626. The van der Waals surface area contributed by atoms with Gasteiger partial charge in [-0.2, -0.15) is 13.2 Å². The van der Waals surface area contributed by atoms with Gasteiger partial charge in [-0.1, -0.05) is 0 Å². The number of aliphatic hydroxyl groups is 1. The minimum Gasteiger partial charge on any atom is -0.374 e. The third-order valence-electron chi connectivity index (χ3n) is 3.86. The van der Waals surface area contributed by atoms with Crippen LogP contribution in [0.15, 0.2) is 17.4 Å². The zero-order valence-corrected chi connectivity index (χ0v) is 12.5. The molecule has 0 spiro atoms. The smallest absolute Gasteiger partial charge is 0.374 e. The Labute approximate surface area is 126 Å². The van der Waals surface area contributed by atoms with Crippen molar-refractivity contribution in [3.05, 3.63) is 18.2 Å².